The molecule has 0 spiro atoms. The lowest BCUT2D eigenvalue weighted by molar-refractivity contribution is -0.136. The van der Waals surface area contributed by atoms with Gasteiger partial charge in [-0.2, -0.15) is 0 Å². The van der Waals surface area contributed by atoms with E-state index in [1.54, 1.807) is 6.07 Å². The average molecular weight is 296 g/mol. The van der Waals surface area contributed by atoms with E-state index in [2.05, 4.69) is 10.6 Å². The molecular formula is C18H20N2O2. The first kappa shape index (κ1) is 15.8. The monoisotopic (exact) mass is 296 g/mol. The van der Waals surface area contributed by atoms with Crippen LogP contribution < -0.4 is 10.6 Å². The predicted octanol–water partition coefficient (Wildman–Crippen LogP) is 2.81. The molecule has 4 heteroatoms. The first-order valence-electron chi connectivity index (χ1n) is 7.32. The number of hydrogen-bond acceptors (Lipinski definition) is 2. The third-order valence-electron chi connectivity index (χ3n) is 3.39. The molecule has 0 unspecified atom stereocenters. The summed E-state index contributed by atoms with van der Waals surface area (Å²) in [6.45, 7) is 4.33. The van der Waals surface area contributed by atoms with E-state index in [9.17, 15) is 9.59 Å². The SMILES string of the molecule is CCc1ccccc1NC(=O)C(=O)NCc1cccc(C)c1. The second-order valence-corrected chi connectivity index (χ2v) is 5.14. The fourth-order valence-electron chi connectivity index (χ4n) is 2.21. The van der Waals surface area contributed by atoms with Gasteiger partial charge in [0.2, 0.25) is 0 Å². The highest BCUT2D eigenvalue weighted by molar-refractivity contribution is 6.39. The van der Waals surface area contributed by atoms with Crippen molar-refractivity contribution in [1.29, 1.82) is 0 Å². The van der Waals surface area contributed by atoms with Crippen LogP contribution in [-0.2, 0) is 22.6 Å². The van der Waals surface area contributed by atoms with Gasteiger partial charge in [-0.25, -0.2) is 0 Å². The summed E-state index contributed by atoms with van der Waals surface area (Å²) in [7, 11) is 0. The van der Waals surface area contributed by atoms with Crippen LogP contribution in [0.4, 0.5) is 5.69 Å². The van der Waals surface area contributed by atoms with Crippen LogP contribution in [0.25, 0.3) is 0 Å². The van der Waals surface area contributed by atoms with Crippen LogP contribution in [0.1, 0.15) is 23.6 Å². The molecule has 0 aromatic heterocycles. The summed E-state index contributed by atoms with van der Waals surface area (Å²) in [5, 5.41) is 5.29. The Bertz CT molecular complexity index is 680. The fraction of sp³-hybridized carbons (Fsp3) is 0.222. The number of aryl methyl sites for hydroxylation is 2. The highest BCUT2D eigenvalue weighted by Gasteiger charge is 2.14. The Morgan fingerprint density at radius 1 is 1.00 bits per heavy atom. The van der Waals surface area contributed by atoms with Crippen molar-refractivity contribution in [2.24, 2.45) is 0 Å². The molecule has 0 saturated heterocycles. The minimum absolute atomic E-state index is 0.337. The smallest absolute Gasteiger partial charge is 0.313 e. The fourth-order valence-corrected chi connectivity index (χ4v) is 2.21. The zero-order chi connectivity index (χ0) is 15.9. The van der Waals surface area contributed by atoms with E-state index in [0.29, 0.717) is 12.2 Å². The molecule has 0 aliphatic heterocycles. The number of carbonyl (C=O) groups is 2. The van der Waals surface area contributed by atoms with E-state index in [1.807, 2.05) is 56.3 Å². The van der Waals surface area contributed by atoms with Crippen LogP contribution in [0.2, 0.25) is 0 Å². The van der Waals surface area contributed by atoms with Crippen molar-refractivity contribution in [2.45, 2.75) is 26.8 Å². The van der Waals surface area contributed by atoms with Gasteiger partial charge < -0.3 is 10.6 Å². The predicted molar refractivity (Wildman–Crippen MR) is 87.5 cm³/mol. The van der Waals surface area contributed by atoms with E-state index in [-0.39, 0.29) is 0 Å². The molecule has 0 bridgehead atoms. The van der Waals surface area contributed by atoms with Gasteiger partial charge in [-0.05, 0) is 30.5 Å². The van der Waals surface area contributed by atoms with Crippen molar-refractivity contribution in [1.82, 2.24) is 5.32 Å². The maximum atomic E-state index is 11.9. The summed E-state index contributed by atoms with van der Waals surface area (Å²) < 4.78 is 0. The Balaban J connectivity index is 1.93. The Kier molecular flexibility index (Phi) is 5.31. The third-order valence-corrected chi connectivity index (χ3v) is 3.39. The highest BCUT2D eigenvalue weighted by atomic mass is 16.2. The summed E-state index contributed by atoms with van der Waals surface area (Å²) in [6.07, 6.45) is 0.793. The minimum Gasteiger partial charge on any atom is -0.344 e. The number of carbonyl (C=O) groups excluding carboxylic acids is 2. The molecule has 0 saturated carbocycles. The Morgan fingerprint density at radius 3 is 2.50 bits per heavy atom. The molecule has 114 valence electrons. The zero-order valence-electron chi connectivity index (χ0n) is 12.8. The summed E-state index contributed by atoms with van der Waals surface area (Å²) in [6, 6.07) is 15.3. The van der Waals surface area contributed by atoms with Crippen molar-refractivity contribution >= 4 is 17.5 Å². The topological polar surface area (TPSA) is 58.2 Å². The normalized spacial score (nSPS) is 10.1. The minimum atomic E-state index is -0.645. The number of anilines is 1. The van der Waals surface area contributed by atoms with Gasteiger partial charge in [0.05, 0.1) is 0 Å². The van der Waals surface area contributed by atoms with Crippen LogP contribution in [0, 0.1) is 6.92 Å². The van der Waals surface area contributed by atoms with Crippen LogP contribution in [-0.4, -0.2) is 11.8 Å². The second kappa shape index (κ2) is 7.41. The van der Waals surface area contributed by atoms with Crippen molar-refractivity contribution in [3.63, 3.8) is 0 Å². The van der Waals surface area contributed by atoms with E-state index in [1.165, 1.54) is 0 Å². The van der Waals surface area contributed by atoms with E-state index >= 15 is 0 Å². The second-order valence-electron chi connectivity index (χ2n) is 5.14. The first-order valence-corrected chi connectivity index (χ1v) is 7.32. The van der Waals surface area contributed by atoms with Gasteiger partial charge in [-0.1, -0.05) is 55.0 Å². The van der Waals surface area contributed by atoms with E-state index in [0.717, 1.165) is 23.1 Å². The van der Waals surface area contributed by atoms with Gasteiger partial charge >= 0.3 is 11.8 Å². The lowest BCUT2D eigenvalue weighted by Crippen LogP contribution is -2.35. The molecule has 2 rings (SSSR count). The van der Waals surface area contributed by atoms with Crippen molar-refractivity contribution in [2.75, 3.05) is 5.32 Å². The molecule has 2 N–H and O–H groups in total. The summed E-state index contributed by atoms with van der Waals surface area (Å²) >= 11 is 0. The van der Waals surface area contributed by atoms with Crippen LogP contribution >= 0.6 is 0 Å². The highest BCUT2D eigenvalue weighted by Crippen LogP contribution is 2.15. The molecule has 4 nitrogen and oxygen atoms in total. The Morgan fingerprint density at radius 2 is 1.77 bits per heavy atom. The molecule has 0 heterocycles. The molecule has 0 aliphatic carbocycles. The molecule has 0 radical (unpaired) electrons. The van der Waals surface area contributed by atoms with E-state index < -0.39 is 11.8 Å². The summed E-state index contributed by atoms with van der Waals surface area (Å²) in [4.78, 5) is 23.8. The lowest BCUT2D eigenvalue weighted by atomic mass is 10.1. The third kappa shape index (κ3) is 4.19. The molecule has 2 aromatic carbocycles. The summed E-state index contributed by atoms with van der Waals surface area (Å²) in [5.74, 6) is -1.28. The van der Waals surface area contributed by atoms with Gasteiger partial charge in [0.25, 0.3) is 0 Å². The molecule has 0 aliphatic rings. The average Bonchev–Trinajstić information content (AvgIpc) is 2.53. The largest absolute Gasteiger partial charge is 0.344 e. The quantitative estimate of drug-likeness (QED) is 0.852. The molecule has 0 fully saturated rings. The Labute approximate surface area is 130 Å². The Hall–Kier alpha value is -2.62. The number of rotatable bonds is 4. The molecule has 0 atom stereocenters. The van der Waals surface area contributed by atoms with Crippen LogP contribution in [0.5, 0.6) is 0 Å². The van der Waals surface area contributed by atoms with Crippen molar-refractivity contribution in [3.8, 4) is 0 Å². The number of nitrogens with one attached hydrogen (secondary N) is 2. The van der Waals surface area contributed by atoms with Gasteiger partial charge in [0.1, 0.15) is 0 Å². The maximum Gasteiger partial charge on any atom is 0.313 e. The first-order chi connectivity index (χ1) is 10.6. The van der Waals surface area contributed by atoms with Gasteiger partial charge in [-0.15, -0.1) is 0 Å². The number of hydrogen-bond donors (Lipinski definition) is 2. The zero-order valence-corrected chi connectivity index (χ0v) is 12.8. The number of para-hydroxylation sites is 1. The van der Waals surface area contributed by atoms with Crippen molar-refractivity contribution in [3.05, 3.63) is 65.2 Å². The molecule has 2 amide bonds. The standard InChI is InChI=1S/C18H20N2O2/c1-3-15-9-4-5-10-16(15)20-18(22)17(21)19-12-14-8-6-7-13(2)11-14/h4-11H,3,12H2,1-2H3,(H,19,21)(H,20,22). The summed E-state index contributed by atoms with van der Waals surface area (Å²) in [5.41, 5.74) is 3.77. The van der Waals surface area contributed by atoms with Gasteiger partial charge in [0.15, 0.2) is 0 Å². The molecule has 22 heavy (non-hydrogen) atoms. The molecule has 2 aromatic rings. The van der Waals surface area contributed by atoms with Crippen LogP contribution in [0.3, 0.4) is 0 Å². The number of amides is 2. The maximum absolute atomic E-state index is 11.9. The van der Waals surface area contributed by atoms with Gasteiger partial charge in [0, 0.05) is 12.2 Å². The number of benzene rings is 2. The lowest BCUT2D eigenvalue weighted by Gasteiger charge is -2.10. The van der Waals surface area contributed by atoms with Gasteiger partial charge in [-0.3, -0.25) is 9.59 Å². The molecular weight excluding hydrogens is 276 g/mol. The van der Waals surface area contributed by atoms with Crippen molar-refractivity contribution < 1.29 is 9.59 Å². The van der Waals surface area contributed by atoms with Crippen LogP contribution in [0.15, 0.2) is 48.5 Å². The van der Waals surface area contributed by atoms with E-state index in [4.69, 9.17) is 0 Å².